The van der Waals surface area contributed by atoms with Gasteiger partial charge in [0.2, 0.25) is 0 Å². The largest absolute Gasteiger partial charge is 0.330 e. The van der Waals surface area contributed by atoms with Crippen LogP contribution in [0.25, 0.3) is 10.8 Å². The Morgan fingerprint density at radius 2 is 1.80 bits per heavy atom. The smallest absolute Gasteiger partial charge is 0.254 e. The zero-order chi connectivity index (χ0) is 17.2. The molecule has 3 nitrogen and oxygen atoms in total. The number of nitrogens with one attached hydrogen (secondary N) is 1. The fourth-order valence-corrected chi connectivity index (χ4v) is 4.79. The first-order chi connectivity index (χ1) is 12.2. The molecule has 2 fully saturated rings. The van der Waals surface area contributed by atoms with Crippen LogP contribution < -0.4 is 4.90 Å². The molecule has 2 aromatic carbocycles. The second kappa shape index (κ2) is 7.17. The molecule has 132 valence electrons. The molecule has 1 aliphatic carbocycles. The van der Waals surface area contributed by atoms with Crippen molar-refractivity contribution in [1.82, 2.24) is 4.90 Å². The molecular formula is C22H29N2O+. The third-order valence-corrected chi connectivity index (χ3v) is 6.23. The Kier molecular flexibility index (Phi) is 4.76. The summed E-state index contributed by atoms with van der Waals surface area (Å²) in [7, 11) is 0. The number of rotatable bonds is 2. The van der Waals surface area contributed by atoms with E-state index in [2.05, 4.69) is 30.0 Å². The molecule has 1 saturated heterocycles. The number of hydrogen-bond acceptors (Lipinski definition) is 1. The predicted octanol–water partition coefficient (Wildman–Crippen LogP) is 2.76. The van der Waals surface area contributed by atoms with Crippen molar-refractivity contribution in [3.05, 3.63) is 48.0 Å². The van der Waals surface area contributed by atoms with Crippen LogP contribution >= 0.6 is 0 Å². The van der Waals surface area contributed by atoms with E-state index in [4.69, 9.17) is 0 Å². The van der Waals surface area contributed by atoms with Gasteiger partial charge in [-0.05, 0) is 35.6 Å². The van der Waals surface area contributed by atoms with Crippen molar-refractivity contribution in [3.63, 3.8) is 0 Å². The number of fused-ring (bicyclic) bond motifs is 1. The number of carbonyl (C=O) groups excluding carboxylic acids is 1. The summed E-state index contributed by atoms with van der Waals surface area (Å²) in [6.07, 6.45) is 5.52. The first-order valence-electron chi connectivity index (χ1n) is 9.84. The van der Waals surface area contributed by atoms with Crippen LogP contribution in [0.15, 0.2) is 42.5 Å². The third-order valence-electron chi connectivity index (χ3n) is 6.23. The van der Waals surface area contributed by atoms with E-state index in [9.17, 15) is 4.79 Å². The molecule has 3 heteroatoms. The molecule has 1 N–H and O–H groups in total. The zero-order valence-corrected chi connectivity index (χ0v) is 15.2. The highest BCUT2D eigenvalue weighted by molar-refractivity contribution is 6.07. The Hall–Kier alpha value is -1.87. The lowest BCUT2D eigenvalue weighted by atomic mass is 9.86. The molecule has 0 aromatic heterocycles. The summed E-state index contributed by atoms with van der Waals surface area (Å²) in [4.78, 5) is 16.9. The minimum absolute atomic E-state index is 0.202. The Balaban J connectivity index is 1.44. The van der Waals surface area contributed by atoms with Gasteiger partial charge in [0, 0.05) is 12.0 Å². The van der Waals surface area contributed by atoms with E-state index in [1.807, 2.05) is 24.3 Å². The quantitative estimate of drug-likeness (QED) is 0.895. The number of amides is 1. The standard InChI is InChI=1S/C22H28N2O/c1-17-6-4-9-19(16-17)23-12-14-24(15-13-23)22(25)21-11-5-8-18-7-2-3-10-20(18)21/h2-3,5,7-8,10-11,17,19H,4,6,9,12-16H2,1H3/p+1/t17-,19+/m0/s1. The van der Waals surface area contributed by atoms with Gasteiger partial charge in [-0.1, -0.05) is 49.7 Å². The maximum atomic E-state index is 13.1. The van der Waals surface area contributed by atoms with Gasteiger partial charge in [0.25, 0.3) is 5.91 Å². The van der Waals surface area contributed by atoms with Crippen molar-refractivity contribution in [2.24, 2.45) is 5.92 Å². The molecule has 1 saturated carbocycles. The van der Waals surface area contributed by atoms with Gasteiger partial charge >= 0.3 is 0 Å². The Morgan fingerprint density at radius 3 is 2.60 bits per heavy atom. The lowest BCUT2D eigenvalue weighted by Crippen LogP contribution is -3.18. The summed E-state index contributed by atoms with van der Waals surface area (Å²) in [6.45, 7) is 6.39. The summed E-state index contributed by atoms with van der Waals surface area (Å²) in [5, 5.41) is 2.22. The number of piperazine rings is 1. The second-order valence-electron chi connectivity index (χ2n) is 7.95. The van der Waals surface area contributed by atoms with E-state index in [0.29, 0.717) is 0 Å². The summed E-state index contributed by atoms with van der Waals surface area (Å²) >= 11 is 0. The molecule has 0 bridgehead atoms. The van der Waals surface area contributed by atoms with Crippen molar-refractivity contribution in [2.45, 2.75) is 38.6 Å². The van der Waals surface area contributed by atoms with Gasteiger partial charge in [-0.2, -0.15) is 0 Å². The highest BCUT2D eigenvalue weighted by Crippen LogP contribution is 2.23. The number of benzene rings is 2. The fourth-order valence-electron chi connectivity index (χ4n) is 4.79. The molecule has 2 atom stereocenters. The summed E-state index contributed by atoms with van der Waals surface area (Å²) in [6, 6.07) is 15.1. The maximum absolute atomic E-state index is 13.1. The number of carbonyl (C=O) groups is 1. The molecule has 0 radical (unpaired) electrons. The Morgan fingerprint density at radius 1 is 1.04 bits per heavy atom. The highest BCUT2D eigenvalue weighted by atomic mass is 16.2. The Labute approximate surface area is 150 Å². The van der Waals surface area contributed by atoms with Crippen LogP contribution in [0.1, 0.15) is 43.0 Å². The molecule has 4 rings (SSSR count). The third kappa shape index (κ3) is 3.43. The van der Waals surface area contributed by atoms with Crippen molar-refractivity contribution in [3.8, 4) is 0 Å². The van der Waals surface area contributed by atoms with E-state index in [-0.39, 0.29) is 5.91 Å². The van der Waals surface area contributed by atoms with E-state index in [1.165, 1.54) is 25.7 Å². The van der Waals surface area contributed by atoms with Crippen LogP contribution in [0, 0.1) is 5.92 Å². The molecule has 0 spiro atoms. The van der Waals surface area contributed by atoms with Crippen LogP contribution in [-0.4, -0.2) is 43.0 Å². The van der Waals surface area contributed by atoms with Crippen LogP contribution in [0.3, 0.4) is 0 Å². The van der Waals surface area contributed by atoms with E-state index >= 15 is 0 Å². The molecule has 1 amide bonds. The van der Waals surface area contributed by atoms with Gasteiger partial charge in [-0.15, -0.1) is 0 Å². The highest BCUT2D eigenvalue weighted by Gasteiger charge is 2.32. The van der Waals surface area contributed by atoms with Gasteiger partial charge in [0.05, 0.1) is 32.2 Å². The van der Waals surface area contributed by atoms with E-state index in [0.717, 1.165) is 54.5 Å². The average Bonchev–Trinajstić information content (AvgIpc) is 2.67. The van der Waals surface area contributed by atoms with E-state index < -0.39 is 0 Å². The predicted molar refractivity (Wildman–Crippen MR) is 102 cm³/mol. The van der Waals surface area contributed by atoms with Crippen LogP contribution in [-0.2, 0) is 0 Å². The fraction of sp³-hybridized carbons (Fsp3) is 0.500. The first kappa shape index (κ1) is 16.6. The van der Waals surface area contributed by atoms with Gasteiger partial charge in [-0.25, -0.2) is 0 Å². The molecule has 25 heavy (non-hydrogen) atoms. The molecule has 2 aromatic rings. The maximum Gasteiger partial charge on any atom is 0.254 e. The first-order valence-corrected chi connectivity index (χ1v) is 9.84. The number of quaternary nitrogens is 1. The van der Waals surface area contributed by atoms with Gasteiger partial charge in [0.1, 0.15) is 0 Å². The SMILES string of the molecule is C[C@H]1CCC[C@@H]([NH+]2CCN(C(=O)c3cccc4ccccc34)CC2)C1. The van der Waals surface area contributed by atoms with Crippen molar-refractivity contribution in [1.29, 1.82) is 0 Å². The van der Waals surface area contributed by atoms with Crippen LogP contribution in [0.2, 0.25) is 0 Å². The van der Waals surface area contributed by atoms with Gasteiger partial charge < -0.3 is 9.80 Å². The minimum atomic E-state index is 0.202. The van der Waals surface area contributed by atoms with Crippen molar-refractivity contribution >= 4 is 16.7 Å². The van der Waals surface area contributed by atoms with Crippen molar-refractivity contribution < 1.29 is 9.69 Å². The Bertz CT molecular complexity index is 743. The minimum Gasteiger partial charge on any atom is -0.330 e. The van der Waals surface area contributed by atoms with Crippen molar-refractivity contribution in [2.75, 3.05) is 26.2 Å². The zero-order valence-electron chi connectivity index (χ0n) is 15.2. The number of hydrogen-bond donors (Lipinski definition) is 1. The summed E-state index contributed by atoms with van der Waals surface area (Å²) in [5.74, 6) is 1.08. The summed E-state index contributed by atoms with van der Waals surface area (Å²) in [5.41, 5.74) is 0.854. The van der Waals surface area contributed by atoms with E-state index in [1.54, 1.807) is 4.90 Å². The monoisotopic (exact) mass is 337 g/mol. The molecule has 1 heterocycles. The molecule has 1 aliphatic heterocycles. The molecular weight excluding hydrogens is 308 g/mol. The lowest BCUT2D eigenvalue weighted by Gasteiger charge is -2.39. The lowest BCUT2D eigenvalue weighted by molar-refractivity contribution is -0.930. The van der Waals surface area contributed by atoms with Gasteiger partial charge in [-0.3, -0.25) is 4.79 Å². The van der Waals surface area contributed by atoms with Gasteiger partial charge in [0.15, 0.2) is 0 Å². The topological polar surface area (TPSA) is 24.8 Å². The second-order valence-corrected chi connectivity index (χ2v) is 7.95. The number of nitrogens with zero attached hydrogens (tertiary/aromatic N) is 1. The molecule has 0 unspecified atom stereocenters. The average molecular weight is 337 g/mol. The van der Waals surface area contributed by atoms with Crippen LogP contribution in [0.4, 0.5) is 0 Å². The summed E-state index contributed by atoms with van der Waals surface area (Å²) < 4.78 is 0. The normalized spacial score (nSPS) is 25.2. The molecule has 2 aliphatic rings. The van der Waals surface area contributed by atoms with Crippen LogP contribution in [0.5, 0.6) is 0 Å².